The van der Waals surface area contributed by atoms with Crippen LogP contribution in [-0.2, 0) is 4.79 Å². The molecule has 5 rings (SSSR count). The summed E-state index contributed by atoms with van der Waals surface area (Å²) < 4.78 is 1.74. The van der Waals surface area contributed by atoms with Crippen molar-refractivity contribution in [2.24, 2.45) is 0 Å². The fourth-order valence-corrected chi connectivity index (χ4v) is 4.03. The standard InChI is InChI=1S/C19H20N8O/c1-11(28)26-19(2)5-13(6-19)24-18-21-8-15-14(7-20-17(15)25-18)12-3-4-16-22-10-23-27(16)9-12/h3-4,7-10,13H,5-6H2,1-2H3,(H,26,28)(H2,20,21,24,25)/t13-,19+. The highest BCUT2D eigenvalue weighted by atomic mass is 16.1. The normalized spacial score (nSPS) is 21.6. The van der Waals surface area contributed by atoms with Crippen LogP contribution in [0.4, 0.5) is 5.95 Å². The van der Waals surface area contributed by atoms with E-state index in [1.807, 2.05) is 30.7 Å². The van der Waals surface area contributed by atoms with Gasteiger partial charge < -0.3 is 15.6 Å². The SMILES string of the molecule is CC(=O)N[C@]1(C)C[C@H](Nc2ncc3c(-c4ccc5ncnn5c4)c[nH]c3n2)C1. The molecule has 9 nitrogen and oxygen atoms in total. The summed E-state index contributed by atoms with van der Waals surface area (Å²) in [5.41, 5.74) is 3.46. The van der Waals surface area contributed by atoms with E-state index in [-0.39, 0.29) is 17.5 Å². The number of rotatable bonds is 4. The summed E-state index contributed by atoms with van der Waals surface area (Å²) in [6, 6.07) is 4.19. The quantitative estimate of drug-likeness (QED) is 0.503. The lowest BCUT2D eigenvalue weighted by Crippen LogP contribution is -2.59. The zero-order valence-electron chi connectivity index (χ0n) is 15.6. The van der Waals surface area contributed by atoms with Gasteiger partial charge in [0.1, 0.15) is 12.0 Å². The van der Waals surface area contributed by atoms with Crippen LogP contribution in [0.2, 0.25) is 0 Å². The molecule has 0 saturated heterocycles. The number of amides is 1. The second-order valence-corrected chi connectivity index (χ2v) is 7.63. The molecule has 0 unspecified atom stereocenters. The summed E-state index contributed by atoms with van der Waals surface area (Å²) in [7, 11) is 0. The van der Waals surface area contributed by atoms with Crippen molar-refractivity contribution in [1.82, 2.24) is 34.9 Å². The molecule has 4 aromatic rings. The highest BCUT2D eigenvalue weighted by Gasteiger charge is 2.41. The predicted molar refractivity (Wildman–Crippen MR) is 105 cm³/mol. The zero-order valence-corrected chi connectivity index (χ0v) is 15.6. The van der Waals surface area contributed by atoms with Crippen LogP contribution in [0.5, 0.6) is 0 Å². The number of H-pyrrole nitrogens is 1. The molecule has 9 heteroatoms. The first-order chi connectivity index (χ1) is 13.5. The molecule has 3 N–H and O–H groups in total. The molecule has 1 fully saturated rings. The number of anilines is 1. The highest BCUT2D eigenvalue weighted by molar-refractivity contribution is 5.93. The molecule has 1 saturated carbocycles. The van der Waals surface area contributed by atoms with E-state index in [1.54, 1.807) is 11.4 Å². The minimum absolute atomic E-state index is 0.00150. The zero-order chi connectivity index (χ0) is 19.3. The van der Waals surface area contributed by atoms with Gasteiger partial charge in [-0.3, -0.25) is 4.79 Å². The molecule has 0 aromatic carbocycles. The molecule has 1 aliphatic rings. The summed E-state index contributed by atoms with van der Waals surface area (Å²) in [4.78, 5) is 27.8. The van der Waals surface area contributed by atoms with Gasteiger partial charge in [0.2, 0.25) is 11.9 Å². The summed E-state index contributed by atoms with van der Waals surface area (Å²) >= 11 is 0. The number of aromatic amines is 1. The monoisotopic (exact) mass is 376 g/mol. The Bertz CT molecular complexity index is 1190. The van der Waals surface area contributed by atoms with E-state index in [0.29, 0.717) is 5.95 Å². The first-order valence-corrected chi connectivity index (χ1v) is 9.18. The van der Waals surface area contributed by atoms with Gasteiger partial charge in [-0.2, -0.15) is 10.1 Å². The van der Waals surface area contributed by atoms with Crippen LogP contribution in [0.3, 0.4) is 0 Å². The van der Waals surface area contributed by atoms with Gasteiger partial charge in [0, 0.05) is 53.6 Å². The van der Waals surface area contributed by atoms with Gasteiger partial charge in [0.05, 0.1) is 0 Å². The van der Waals surface area contributed by atoms with Crippen molar-refractivity contribution in [2.45, 2.75) is 38.3 Å². The minimum Gasteiger partial charge on any atom is -0.351 e. The average Bonchev–Trinajstić information content (AvgIpc) is 3.25. The van der Waals surface area contributed by atoms with E-state index in [2.05, 4.69) is 42.6 Å². The third kappa shape index (κ3) is 2.84. The van der Waals surface area contributed by atoms with Gasteiger partial charge in [-0.1, -0.05) is 0 Å². The maximum absolute atomic E-state index is 11.3. The maximum Gasteiger partial charge on any atom is 0.224 e. The number of aromatic nitrogens is 6. The Labute approximate surface area is 160 Å². The molecule has 0 spiro atoms. The lowest BCUT2D eigenvalue weighted by atomic mass is 9.74. The molecular formula is C19H20N8O. The number of pyridine rings is 1. The third-order valence-electron chi connectivity index (χ3n) is 5.22. The van der Waals surface area contributed by atoms with Crippen LogP contribution in [0.25, 0.3) is 27.8 Å². The first-order valence-electron chi connectivity index (χ1n) is 9.18. The topological polar surface area (TPSA) is 113 Å². The molecule has 4 heterocycles. The Balaban J connectivity index is 1.36. The van der Waals surface area contributed by atoms with Crippen molar-refractivity contribution in [3.8, 4) is 11.1 Å². The van der Waals surface area contributed by atoms with Crippen molar-refractivity contribution in [1.29, 1.82) is 0 Å². The van der Waals surface area contributed by atoms with Gasteiger partial charge in [-0.25, -0.2) is 14.5 Å². The fraction of sp³-hybridized carbons (Fsp3) is 0.316. The van der Waals surface area contributed by atoms with Crippen molar-refractivity contribution < 1.29 is 4.79 Å². The Kier molecular flexibility index (Phi) is 3.58. The minimum atomic E-state index is -0.146. The average molecular weight is 376 g/mol. The second-order valence-electron chi connectivity index (χ2n) is 7.63. The van der Waals surface area contributed by atoms with Gasteiger partial charge in [0.25, 0.3) is 0 Å². The highest BCUT2D eigenvalue weighted by Crippen LogP contribution is 2.34. The van der Waals surface area contributed by atoms with Gasteiger partial charge in [-0.05, 0) is 31.9 Å². The Hall–Kier alpha value is -3.49. The summed E-state index contributed by atoms with van der Waals surface area (Å²) in [5.74, 6) is 0.587. The number of nitrogens with zero attached hydrogens (tertiary/aromatic N) is 5. The Morgan fingerprint density at radius 3 is 3.00 bits per heavy atom. The van der Waals surface area contributed by atoms with E-state index >= 15 is 0 Å². The van der Waals surface area contributed by atoms with Crippen LogP contribution in [0.15, 0.2) is 37.1 Å². The lowest BCUT2D eigenvalue weighted by Gasteiger charge is -2.45. The van der Waals surface area contributed by atoms with E-state index in [1.165, 1.54) is 6.33 Å². The van der Waals surface area contributed by atoms with Crippen molar-refractivity contribution in [2.75, 3.05) is 5.32 Å². The van der Waals surface area contributed by atoms with Crippen LogP contribution < -0.4 is 10.6 Å². The predicted octanol–water partition coefficient (Wildman–Crippen LogP) is 2.14. The molecule has 0 atom stereocenters. The van der Waals surface area contributed by atoms with Gasteiger partial charge in [0.15, 0.2) is 5.65 Å². The summed E-state index contributed by atoms with van der Waals surface area (Å²) in [6.45, 7) is 3.60. The summed E-state index contributed by atoms with van der Waals surface area (Å²) in [6.07, 6.45) is 8.93. The molecule has 28 heavy (non-hydrogen) atoms. The molecule has 0 aliphatic heterocycles. The number of nitrogens with one attached hydrogen (secondary N) is 3. The molecule has 142 valence electrons. The molecular weight excluding hydrogens is 356 g/mol. The van der Waals surface area contributed by atoms with E-state index < -0.39 is 0 Å². The smallest absolute Gasteiger partial charge is 0.224 e. The fourth-order valence-electron chi connectivity index (χ4n) is 4.03. The lowest BCUT2D eigenvalue weighted by molar-refractivity contribution is -0.121. The number of hydrogen-bond acceptors (Lipinski definition) is 6. The van der Waals surface area contributed by atoms with Crippen molar-refractivity contribution in [3.63, 3.8) is 0 Å². The number of hydrogen-bond donors (Lipinski definition) is 3. The molecule has 1 amide bonds. The molecule has 1 aliphatic carbocycles. The Morgan fingerprint density at radius 2 is 2.18 bits per heavy atom. The van der Waals surface area contributed by atoms with Crippen molar-refractivity contribution >= 4 is 28.5 Å². The number of fused-ring (bicyclic) bond motifs is 2. The van der Waals surface area contributed by atoms with Gasteiger partial charge in [-0.15, -0.1) is 0 Å². The van der Waals surface area contributed by atoms with Crippen LogP contribution >= 0.6 is 0 Å². The maximum atomic E-state index is 11.3. The van der Waals surface area contributed by atoms with E-state index in [9.17, 15) is 4.79 Å². The van der Waals surface area contributed by atoms with Crippen LogP contribution in [-0.4, -0.2) is 47.0 Å². The largest absolute Gasteiger partial charge is 0.351 e. The van der Waals surface area contributed by atoms with E-state index in [0.717, 1.165) is 40.6 Å². The van der Waals surface area contributed by atoms with Crippen LogP contribution in [0.1, 0.15) is 26.7 Å². The molecule has 4 aromatic heterocycles. The second kappa shape index (κ2) is 6.01. The molecule has 0 radical (unpaired) electrons. The van der Waals surface area contributed by atoms with Crippen molar-refractivity contribution in [3.05, 3.63) is 37.1 Å². The Morgan fingerprint density at radius 1 is 1.32 bits per heavy atom. The van der Waals surface area contributed by atoms with E-state index in [4.69, 9.17) is 0 Å². The third-order valence-corrected chi connectivity index (χ3v) is 5.22. The first kappa shape index (κ1) is 16.7. The van der Waals surface area contributed by atoms with Gasteiger partial charge >= 0.3 is 0 Å². The van der Waals surface area contributed by atoms with Crippen LogP contribution in [0, 0.1) is 0 Å². The number of carbonyl (C=O) groups is 1. The molecule has 0 bridgehead atoms. The number of carbonyl (C=O) groups excluding carboxylic acids is 1. The summed E-state index contributed by atoms with van der Waals surface area (Å²) in [5, 5.41) is 11.5.